The van der Waals surface area contributed by atoms with Crippen LogP contribution in [0.3, 0.4) is 0 Å². The Bertz CT molecular complexity index is 1190. The predicted octanol–water partition coefficient (Wildman–Crippen LogP) is 3.45. The first kappa shape index (κ1) is 22.3. The number of nitrogens with zero attached hydrogens (tertiary/aromatic N) is 4. The van der Waals surface area contributed by atoms with Gasteiger partial charge in [-0.3, -0.25) is 9.59 Å². The molecule has 2 aliphatic rings. The molecule has 0 aliphatic carbocycles. The van der Waals surface area contributed by atoms with Gasteiger partial charge in [0.1, 0.15) is 17.6 Å². The average Bonchev–Trinajstić information content (AvgIpc) is 3.55. The molecule has 1 unspecified atom stereocenters. The Labute approximate surface area is 197 Å². The highest BCUT2D eigenvalue weighted by Crippen LogP contribution is 2.26. The van der Waals surface area contributed by atoms with E-state index in [2.05, 4.69) is 0 Å². The smallest absolute Gasteiger partial charge is 0.257 e. The van der Waals surface area contributed by atoms with Gasteiger partial charge in [0.05, 0.1) is 11.3 Å². The molecule has 5 rings (SSSR count). The second-order valence-electron chi connectivity index (χ2n) is 8.80. The van der Waals surface area contributed by atoms with E-state index in [0.29, 0.717) is 49.7 Å². The van der Waals surface area contributed by atoms with Crippen molar-refractivity contribution in [2.45, 2.75) is 25.9 Å². The van der Waals surface area contributed by atoms with E-state index in [9.17, 15) is 14.0 Å². The SMILES string of the molecule is Cc1cccc(-c2nn(-c3ccc(F)cc3)cc2C(=O)N2CCN(C(=O)C3CCCO3)CC2)c1. The number of hydrogen-bond acceptors (Lipinski definition) is 4. The maximum absolute atomic E-state index is 13.6. The minimum Gasteiger partial charge on any atom is -0.368 e. The van der Waals surface area contributed by atoms with Gasteiger partial charge in [0.15, 0.2) is 0 Å². The zero-order valence-corrected chi connectivity index (χ0v) is 19.1. The third-order valence-corrected chi connectivity index (χ3v) is 6.41. The van der Waals surface area contributed by atoms with Crippen LogP contribution in [0.4, 0.5) is 4.39 Å². The molecule has 2 amide bonds. The van der Waals surface area contributed by atoms with Gasteiger partial charge in [-0.15, -0.1) is 0 Å². The van der Waals surface area contributed by atoms with Crippen LogP contribution >= 0.6 is 0 Å². The summed E-state index contributed by atoms with van der Waals surface area (Å²) in [5.74, 6) is -0.440. The lowest BCUT2D eigenvalue weighted by molar-refractivity contribution is -0.142. The molecule has 0 bridgehead atoms. The molecule has 0 N–H and O–H groups in total. The quantitative estimate of drug-likeness (QED) is 0.596. The standard InChI is InChI=1S/C26H27FN4O3/c1-18-4-2-5-19(16-18)24-22(17-31(28-24)21-9-7-20(27)8-10-21)25(32)29-11-13-30(14-12-29)26(33)23-6-3-15-34-23/h2,4-5,7-10,16-17,23H,3,6,11-15H2,1H3. The van der Waals surface area contributed by atoms with Crippen LogP contribution in [0, 0.1) is 12.7 Å². The molecule has 0 spiro atoms. The summed E-state index contributed by atoms with van der Waals surface area (Å²) < 4.78 is 20.6. The van der Waals surface area contributed by atoms with Gasteiger partial charge in [0.25, 0.3) is 11.8 Å². The van der Waals surface area contributed by atoms with Crippen molar-refractivity contribution in [3.63, 3.8) is 0 Å². The second-order valence-corrected chi connectivity index (χ2v) is 8.80. The van der Waals surface area contributed by atoms with Crippen LogP contribution in [-0.4, -0.2) is 70.3 Å². The molecule has 34 heavy (non-hydrogen) atoms. The van der Waals surface area contributed by atoms with Gasteiger partial charge in [-0.25, -0.2) is 9.07 Å². The molecule has 0 radical (unpaired) electrons. The molecule has 2 aromatic carbocycles. The van der Waals surface area contributed by atoms with Crippen LogP contribution in [0.5, 0.6) is 0 Å². The number of hydrogen-bond donors (Lipinski definition) is 0. The van der Waals surface area contributed by atoms with Gasteiger partial charge in [-0.1, -0.05) is 23.8 Å². The number of aromatic nitrogens is 2. The van der Waals surface area contributed by atoms with E-state index in [1.54, 1.807) is 32.8 Å². The summed E-state index contributed by atoms with van der Waals surface area (Å²) in [6.07, 6.45) is 3.04. The third-order valence-electron chi connectivity index (χ3n) is 6.41. The van der Waals surface area contributed by atoms with Crippen LogP contribution in [0.15, 0.2) is 54.7 Å². The number of ether oxygens (including phenoxy) is 1. The fourth-order valence-electron chi connectivity index (χ4n) is 4.54. The molecule has 7 nitrogen and oxygen atoms in total. The van der Waals surface area contributed by atoms with E-state index < -0.39 is 0 Å². The number of rotatable bonds is 4. The number of halogens is 1. The zero-order chi connectivity index (χ0) is 23.7. The van der Waals surface area contributed by atoms with Gasteiger partial charge in [0, 0.05) is 44.5 Å². The van der Waals surface area contributed by atoms with Gasteiger partial charge in [-0.2, -0.15) is 5.10 Å². The van der Waals surface area contributed by atoms with E-state index in [0.717, 1.165) is 24.0 Å². The summed E-state index contributed by atoms with van der Waals surface area (Å²) in [7, 11) is 0. The van der Waals surface area contributed by atoms with E-state index >= 15 is 0 Å². The van der Waals surface area contributed by atoms with Crippen molar-refractivity contribution in [2.24, 2.45) is 0 Å². The topological polar surface area (TPSA) is 67.7 Å². The van der Waals surface area contributed by atoms with Crippen LogP contribution < -0.4 is 0 Å². The Morgan fingerprint density at radius 1 is 1.03 bits per heavy atom. The monoisotopic (exact) mass is 462 g/mol. The van der Waals surface area contributed by atoms with Crippen LogP contribution in [0.1, 0.15) is 28.8 Å². The molecule has 2 aliphatic heterocycles. The number of carbonyl (C=O) groups excluding carboxylic acids is 2. The van der Waals surface area contributed by atoms with Crippen LogP contribution in [0.25, 0.3) is 16.9 Å². The lowest BCUT2D eigenvalue weighted by Gasteiger charge is -2.35. The summed E-state index contributed by atoms with van der Waals surface area (Å²) in [6.45, 7) is 4.49. The Kier molecular flexibility index (Phi) is 6.15. The Morgan fingerprint density at radius 2 is 1.76 bits per heavy atom. The number of carbonyl (C=O) groups is 2. The normalized spacial score (nSPS) is 18.4. The number of aryl methyl sites for hydroxylation is 1. The molecule has 1 atom stereocenters. The summed E-state index contributed by atoms with van der Waals surface area (Å²) in [4.78, 5) is 29.8. The highest BCUT2D eigenvalue weighted by molar-refractivity contribution is 6.00. The lowest BCUT2D eigenvalue weighted by Crippen LogP contribution is -2.52. The Hall–Kier alpha value is -3.52. The van der Waals surface area contributed by atoms with Gasteiger partial charge < -0.3 is 14.5 Å². The molecule has 2 saturated heterocycles. The highest BCUT2D eigenvalue weighted by atomic mass is 19.1. The van der Waals surface area contributed by atoms with Crippen molar-refractivity contribution in [3.05, 3.63) is 71.7 Å². The summed E-state index contributed by atoms with van der Waals surface area (Å²) in [5.41, 5.74) is 3.64. The lowest BCUT2D eigenvalue weighted by atomic mass is 10.0. The Morgan fingerprint density at radius 3 is 2.44 bits per heavy atom. The summed E-state index contributed by atoms with van der Waals surface area (Å²) >= 11 is 0. The Balaban J connectivity index is 1.40. The molecule has 3 aromatic rings. The van der Waals surface area contributed by atoms with Gasteiger partial charge in [-0.05, 0) is 50.1 Å². The van der Waals surface area contributed by atoms with Crippen molar-refractivity contribution in [2.75, 3.05) is 32.8 Å². The molecule has 176 valence electrons. The molecule has 2 fully saturated rings. The third kappa shape index (κ3) is 4.46. The molecular formula is C26H27FN4O3. The number of amides is 2. The minimum absolute atomic E-state index is 0.0224. The zero-order valence-electron chi connectivity index (χ0n) is 19.1. The maximum Gasteiger partial charge on any atom is 0.257 e. The first-order valence-corrected chi connectivity index (χ1v) is 11.6. The molecule has 1 aromatic heterocycles. The van der Waals surface area contributed by atoms with Gasteiger partial charge >= 0.3 is 0 Å². The first-order chi connectivity index (χ1) is 16.5. The van der Waals surface area contributed by atoms with Crippen molar-refractivity contribution in [3.8, 4) is 16.9 Å². The van der Waals surface area contributed by atoms with Crippen LogP contribution in [-0.2, 0) is 9.53 Å². The van der Waals surface area contributed by atoms with Crippen LogP contribution in [0.2, 0.25) is 0 Å². The summed E-state index contributed by atoms with van der Waals surface area (Å²) in [5, 5.41) is 4.70. The average molecular weight is 463 g/mol. The maximum atomic E-state index is 13.6. The van der Waals surface area contributed by atoms with Crippen molar-refractivity contribution in [1.82, 2.24) is 19.6 Å². The van der Waals surface area contributed by atoms with E-state index in [4.69, 9.17) is 9.84 Å². The van der Waals surface area contributed by atoms with Crippen molar-refractivity contribution < 1.29 is 18.7 Å². The van der Waals surface area contributed by atoms with Crippen molar-refractivity contribution in [1.29, 1.82) is 0 Å². The molecule has 8 heteroatoms. The second kappa shape index (κ2) is 9.38. The molecular weight excluding hydrogens is 435 g/mol. The summed E-state index contributed by atoms with van der Waals surface area (Å²) in [6, 6.07) is 13.9. The fraction of sp³-hybridized carbons (Fsp3) is 0.346. The highest BCUT2D eigenvalue weighted by Gasteiger charge is 2.32. The van der Waals surface area contributed by atoms with E-state index in [1.165, 1.54) is 12.1 Å². The van der Waals surface area contributed by atoms with Gasteiger partial charge in [0.2, 0.25) is 0 Å². The first-order valence-electron chi connectivity index (χ1n) is 11.6. The minimum atomic E-state index is -0.343. The largest absolute Gasteiger partial charge is 0.368 e. The number of benzene rings is 2. The van der Waals surface area contributed by atoms with E-state index in [1.807, 2.05) is 31.2 Å². The van der Waals surface area contributed by atoms with E-state index in [-0.39, 0.29) is 23.7 Å². The molecule has 3 heterocycles. The fourth-order valence-corrected chi connectivity index (χ4v) is 4.54. The molecule has 0 saturated carbocycles. The van der Waals surface area contributed by atoms with Crippen molar-refractivity contribution >= 4 is 11.8 Å². The number of piperazine rings is 1. The predicted molar refractivity (Wildman–Crippen MR) is 125 cm³/mol.